The van der Waals surface area contributed by atoms with Crippen molar-refractivity contribution in [2.75, 3.05) is 6.61 Å². The average Bonchev–Trinajstić information content (AvgIpc) is 3.01. The van der Waals surface area contributed by atoms with Gasteiger partial charge in [0.05, 0.1) is 6.10 Å². The number of carbonyl (C=O) groups is 1. The van der Waals surface area contributed by atoms with Crippen LogP contribution in [0.15, 0.2) is 24.3 Å². The molecule has 24 heavy (non-hydrogen) atoms. The van der Waals surface area contributed by atoms with E-state index < -0.39 is 0 Å². The van der Waals surface area contributed by atoms with Gasteiger partial charge in [0.2, 0.25) is 5.91 Å². The molecule has 1 aromatic carbocycles. The van der Waals surface area contributed by atoms with E-state index in [1.54, 1.807) is 6.92 Å². The number of ether oxygens (including phenoxy) is 1. The van der Waals surface area contributed by atoms with Crippen LogP contribution in [0.3, 0.4) is 0 Å². The summed E-state index contributed by atoms with van der Waals surface area (Å²) < 4.78 is 6.27. The maximum atomic E-state index is 11.9. The summed E-state index contributed by atoms with van der Waals surface area (Å²) in [5, 5.41) is 3.34. The maximum Gasteiger partial charge on any atom is 0.217 e. The predicted octanol–water partition coefficient (Wildman–Crippen LogP) is 4.01. The molecule has 1 amide bonds. The van der Waals surface area contributed by atoms with Crippen LogP contribution >= 0.6 is 0 Å². The topological polar surface area (TPSA) is 38.3 Å². The molecule has 5 atom stereocenters. The first-order valence-electron chi connectivity index (χ1n) is 9.30. The monoisotopic (exact) mass is 327 g/mol. The molecule has 3 aliphatic rings. The Hall–Kier alpha value is -1.35. The maximum absolute atomic E-state index is 11.9. The molecule has 0 aromatic heterocycles. The van der Waals surface area contributed by atoms with Gasteiger partial charge < -0.3 is 10.1 Å². The van der Waals surface area contributed by atoms with Crippen molar-refractivity contribution in [2.45, 2.75) is 59.1 Å². The van der Waals surface area contributed by atoms with E-state index in [-0.39, 0.29) is 28.9 Å². The molecule has 1 saturated heterocycles. The van der Waals surface area contributed by atoms with Gasteiger partial charge in [-0.1, -0.05) is 43.7 Å². The zero-order valence-corrected chi connectivity index (χ0v) is 15.3. The van der Waals surface area contributed by atoms with E-state index in [9.17, 15) is 4.79 Å². The molecule has 4 rings (SSSR count). The number of hydrogen-bond donors (Lipinski definition) is 1. The molecule has 0 radical (unpaired) electrons. The molecule has 1 aliphatic heterocycles. The van der Waals surface area contributed by atoms with Crippen molar-refractivity contribution in [3.63, 3.8) is 0 Å². The second-order valence-corrected chi connectivity index (χ2v) is 8.88. The number of carbonyl (C=O) groups excluding carboxylic acids is 1. The lowest BCUT2D eigenvalue weighted by Gasteiger charge is -2.53. The number of fused-ring (bicyclic) bond motifs is 1. The van der Waals surface area contributed by atoms with Crippen LogP contribution in [-0.4, -0.2) is 18.6 Å². The van der Waals surface area contributed by atoms with E-state index in [1.807, 2.05) is 0 Å². The quantitative estimate of drug-likeness (QED) is 0.891. The van der Waals surface area contributed by atoms with E-state index in [4.69, 9.17) is 4.74 Å². The molecule has 1 unspecified atom stereocenters. The molecular weight excluding hydrogens is 298 g/mol. The van der Waals surface area contributed by atoms with Gasteiger partial charge in [0.1, 0.15) is 0 Å². The van der Waals surface area contributed by atoms with Gasteiger partial charge >= 0.3 is 0 Å². The summed E-state index contributed by atoms with van der Waals surface area (Å²) in [7, 11) is 0. The lowest BCUT2D eigenvalue weighted by molar-refractivity contribution is -0.135. The highest BCUT2D eigenvalue weighted by molar-refractivity contribution is 5.73. The molecule has 1 aromatic rings. The minimum Gasteiger partial charge on any atom is -0.373 e. The smallest absolute Gasteiger partial charge is 0.217 e. The SMILES string of the molecule is CC(=O)N[C@@H]1C(C)(C)[C@@H]2C[C@@H]3[C@@H](c4ccc(C)cc4)OCCC31C2. The van der Waals surface area contributed by atoms with Gasteiger partial charge in [-0.05, 0) is 54.4 Å². The summed E-state index contributed by atoms with van der Waals surface area (Å²) in [5.74, 6) is 1.30. The second kappa shape index (κ2) is 5.32. The first kappa shape index (κ1) is 16.1. The fraction of sp³-hybridized carbons (Fsp3) is 0.667. The molecule has 1 heterocycles. The summed E-state index contributed by atoms with van der Waals surface area (Å²) in [6, 6.07) is 9.08. The van der Waals surface area contributed by atoms with Gasteiger partial charge in [0, 0.05) is 19.6 Å². The number of hydrogen-bond acceptors (Lipinski definition) is 2. The average molecular weight is 327 g/mol. The van der Waals surface area contributed by atoms with E-state index >= 15 is 0 Å². The zero-order valence-electron chi connectivity index (χ0n) is 15.3. The second-order valence-electron chi connectivity index (χ2n) is 8.88. The Kier molecular flexibility index (Phi) is 3.58. The van der Waals surface area contributed by atoms with E-state index in [0.29, 0.717) is 11.8 Å². The lowest BCUT2D eigenvalue weighted by atomic mass is 9.59. The molecular formula is C21H29NO2. The highest BCUT2D eigenvalue weighted by Gasteiger charge is 2.68. The molecule has 3 heteroatoms. The summed E-state index contributed by atoms with van der Waals surface area (Å²) in [6.45, 7) is 9.28. The third kappa shape index (κ3) is 2.17. The molecule has 130 valence electrons. The number of aryl methyl sites for hydroxylation is 1. The van der Waals surface area contributed by atoms with E-state index in [0.717, 1.165) is 13.0 Å². The van der Waals surface area contributed by atoms with Crippen LogP contribution in [0.2, 0.25) is 0 Å². The van der Waals surface area contributed by atoms with Crippen molar-refractivity contribution in [3.8, 4) is 0 Å². The number of rotatable bonds is 2. The number of nitrogens with one attached hydrogen (secondary N) is 1. The van der Waals surface area contributed by atoms with Gasteiger partial charge in [0.25, 0.3) is 0 Å². The highest BCUT2D eigenvalue weighted by Crippen LogP contribution is 2.70. The number of amides is 1. The Bertz CT molecular complexity index is 650. The minimum atomic E-state index is 0.104. The van der Waals surface area contributed by atoms with Crippen LogP contribution in [-0.2, 0) is 9.53 Å². The molecule has 3 nitrogen and oxygen atoms in total. The summed E-state index contributed by atoms with van der Waals surface area (Å²) in [4.78, 5) is 11.9. The van der Waals surface area contributed by atoms with Gasteiger partial charge in [-0.15, -0.1) is 0 Å². The van der Waals surface area contributed by atoms with Gasteiger partial charge in [-0.3, -0.25) is 4.79 Å². The molecule has 2 saturated carbocycles. The van der Waals surface area contributed by atoms with Crippen LogP contribution in [0, 0.1) is 29.6 Å². The Morgan fingerprint density at radius 1 is 1.25 bits per heavy atom. The standard InChI is InChI=1S/C21H29NO2/c1-13-5-7-15(8-6-13)18-17-11-16-12-21(17,9-10-24-18)19(20(16,3)4)22-14(2)23/h5-8,16-19H,9-12H2,1-4H3,(H,22,23)/t16-,17-,18-,19-,21?/m1/s1. The number of benzene rings is 1. The van der Waals surface area contributed by atoms with Crippen LogP contribution in [0.25, 0.3) is 0 Å². The third-order valence-corrected chi connectivity index (χ3v) is 7.26. The minimum absolute atomic E-state index is 0.104. The van der Waals surface area contributed by atoms with Crippen molar-refractivity contribution in [2.24, 2.45) is 22.7 Å². The first-order chi connectivity index (χ1) is 11.3. The summed E-state index contributed by atoms with van der Waals surface area (Å²) >= 11 is 0. The van der Waals surface area contributed by atoms with Gasteiger partial charge in [-0.25, -0.2) is 0 Å². The third-order valence-electron chi connectivity index (χ3n) is 7.26. The normalized spacial score (nSPS) is 39.5. The Morgan fingerprint density at radius 2 is 1.96 bits per heavy atom. The van der Waals surface area contributed by atoms with Gasteiger partial charge in [-0.2, -0.15) is 0 Å². The van der Waals surface area contributed by atoms with Gasteiger partial charge in [0.15, 0.2) is 0 Å². The van der Waals surface area contributed by atoms with Crippen LogP contribution in [0.1, 0.15) is 57.3 Å². The lowest BCUT2D eigenvalue weighted by Crippen LogP contribution is -2.58. The largest absolute Gasteiger partial charge is 0.373 e. The van der Waals surface area contributed by atoms with E-state index in [2.05, 4.69) is 50.4 Å². The molecule has 2 bridgehead atoms. The Balaban J connectivity index is 1.71. The van der Waals surface area contributed by atoms with Crippen molar-refractivity contribution in [3.05, 3.63) is 35.4 Å². The molecule has 1 spiro atoms. The van der Waals surface area contributed by atoms with Crippen molar-refractivity contribution >= 4 is 5.91 Å². The predicted molar refractivity (Wildman–Crippen MR) is 94.5 cm³/mol. The van der Waals surface area contributed by atoms with E-state index in [1.165, 1.54) is 24.0 Å². The van der Waals surface area contributed by atoms with Crippen molar-refractivity contribution < 1.29 is 9.53 Å². The summed E-state index contributed by atoms with van der Waals surface area (Å²) in [5.41, 5.74) is 2.97. The Labute approximate surface area is 145 Å². The van der Waals surface area contributed by atoms with Crippen molar-refractivity contribution in [1.82, 2.24) is 5.32 Å². The summed E-state index contributed by atoms with van der Waals surface area (Å²) in [6.07, 6.45) is 3.71. The molecule has 2 aliphatic carbocycles. The van der Waals surface area contributed by atoms with Crippen LogP contribution in [0.5, 0.6) is 0 Å². The van der Waals surface area contributed by atoms with Crippen LogP contribution in [0.4, 0.5) is 0 Å². The fourth-order valence-corrected chi connectivity index (χ4v) is 6.08. The van der Waals surface area contributed by atoms with Crippen LogP contribution < -0.4 is 5.32 Å². The Morgan fingerprint density at radius 3 is 2.62 bits per heavy atom. The fourth-order valence-electron chi connectivity index (χ4n) is 6.08. The first-order valence-corrected chi connectivity index (χ1v) is 9.30. The zero-order chi connectivity index (χ0) is 17.1. The highest BCUT2D eigenvalue weighted by atomic mass is 16.5. The van der Waals surface area contributed by atoms with Crippen molar-refractivity contribution in [1.29, 1.82) is 0 Å². The molecule has 1 N–H and O–H groups in total. The molecule has 3 fully saturated rings.